The number of nitrogens with one attached hydrogen (secondary N) is 3. The number of methoxy groups -OCH3 is 1. The molecule has 3 aromatic carbocycles. The van der Waals surface area contributed by atoms with Crippen molar-refractivity contribution in [3.05, 3.63) is 125 Å². The molecule has 13 heteroatoms. The van der Waals surface area contributed by atoms with Gasteiger partial charge in [0.2, 0.25) is 11.8 Å². The van der Waals surface area contributed by atoms with Crippen molar-refractivity contribution in [2.45, 2.75) is 68.7 Å². The number of nitrogens with zero attached hydrogens (tertiary/aromatic N) is 4. The molecule has 0 spiro atoms. The summed E-state index contributed by atoms with van der Waals surface area (Å²) < 4.78 is 19.2. The molecule has 0 saturated carbocycles. The molecular formula is C38H43N7O5S. The average Bonchev–Trinajstić information content (AvgIpc) is 3.79. The first-order chi connectivity index (χ1) is 24.9. The van der Waals surface area contributed by atoms with Gasteiger partial charge in [-0.25, -0.2) is 4.79 Å². The van der Waals surface area contributed by atoms with Crippen LogP contribution in [-0.4, -0.2) is 75.7 Å². The quantitative estimate of drug-likeness (QED) is 0.125. The summed E-state index contributed by atoms with van der Waals surface area (Å²) in [6.07, 6.45) is 2.37. The Morgan fingerprint density at radius 1 is 1.00 bits per heavy atom. The summed E-state index contributed by atoms with van der Waals surface area (Å²) in [4.78, 5) is 26.7. The van der Waals surface area contributed by atoms with Crippen molar-refractivity contribution >= 4 is 29.4 Å². The highest BCUT2D eigenvalue weighted by atomic mass is 32.2. The van der Waals surface area contributed by atoms with Crippen LogP contribution in [0.3, 0.4) is 0 Å². The van der Waals surface area contributed by atoms with Crippen molar-refractivity contribution in [1.29, 1.82) is 0 Å². The molecule has 266 valence electrons. The van der Waals surface area contributed by atoms with Gasteiger partial charge in [0.1, 0.15) is 12.6 Å². The second-order valence-corrected chi connectivity index (χ2v) is 13.5. The molecule has 0 radical (unpaired) electrons. The average molecular weight is 710 g/mol. The summed E-state index contributed by atoms with van der Waals surface area (Å²) in [5.74, 6) is 0.345. The van der Waals surface area contributed by atoms with Crippen LogP contribution in [0.1, 0.15) is 47.5 Å². The number of aromatic nitrogens is 4. The normalized spacial score (nSPS) is 17.9. The molecular weight excluding hydrogens is 667 g/mol. The highest BCUT2D eigenvalue weighted by molar-refractivity contribution is 7.99. The van der Waals surface area contributed by atoms with Gasteiger partial charge in [0, 0.05) is 41.8 Å². The van der Waals surface area contributed by atoms with Gasteiger partial charge in [-0.05, 0) is 55.5 Å². The number of anilines is 1. The molecule has 1 unspecified atom stereocenters. The molecule has 51 heavy (non-hydrogen) atoms. The van der Waals surface area contributed by atoms with Crippen LogP contribution < -0.4 is 16.0 Å². The Hall–Kier alpha value is -4.98. The van der Waals surface area contributed by atoms with Gasteiger partial charge in [0.25, 0.3) is 5.22 Å². The number of ether oxygens (including phenoxy) is 2. The number of thioether (sulfide) groups is 1. The molecule has 6 rings (SSSR count). The second-order valence-electron chi connectivity index (χ2n) is 12.5. The van der Waals surface area contributed by atoms with E-state index in [4.69, 9.17) is 13.9 Å². The van der Waals surface area contributed by atoms with E-state index in [0.717, 1.165) is 28.8 Å². The molecule has 1 saturated heterocycles. The Bertz CT molecular complexity index is 1830. The van der Waals surface area contributed by atoms with Crippen LogP contribution in [0.4, 0.5) is 10.5 Å². The highest BCUT2D eigenvalue weighted by Gasteiger charge is 2.34. The van der Waals surface area contributed by atoms with Crippen molar-refractivity contribution < 1.29 is 23.5 Å². The molecule has 4 atom stereocenters. The molecule has 2 amide bonds. The number of para-hydroxylation sites is 1. The molecule has 2 aromatic heterocycles. The number of benzene rings is 3. The second kappa shape index (κ2) is 17.3. The lowest BCUT2D eigenvalue weighted by atomic mass is 9.84. The third kappa shape index (κ3) is 9.43. The number of aryl methyl sites for hydroxylation is 2. The van der Waals surface area contributed by atoms with Crippen LogP contribution in [-0.2, 0) is 27.2 Å². The Kier molecular flexibility index (Phi) is 12.2. The minimum Gasteiger partial charge on any atom is -0.453 e. The zero-order valence-electron chi connectivity index (χ0n) is 28.9. The van der Waals surface area contributed by atoms with E-state index < -0.39 is 18.1 Å². The summed E-state index contributed by atoms with van der Waals surface area (Å²) in [5.41, 5.74) is 4.45. The fourth-order valence-corrected chi connectivity index (χ4v) is 7.12. The van der Waals surface area contributed by atoms with Crippen molar-refractivity contribution in [1.82, 2.24) is 30.6 Å². The number of carbonyl (C=O) groups is 2. The van der Waals surface area contributed by atoms with Crippen LogP contribution >= 0.6 is 11.8 Å². The largest absolute Gasteiger partial charge is 0.453 e. The molecule has 0 aliphatic carbocycles. The number of alkyl carbamates (subject to hydrolysis) is 1. The van der Waals surface area contributed by atoms with Crippen LogP contribution in [0.2, 0.25) is 0 Å². The molecule has 1 aliphatic heterocycles. The number of hydrogen-bond acceptors (Lipinski definition) is 10. The molecule has 5 aromatic rings. The minimum atomic E-state index is -0.953. The van der Waals surface area contributed by atoms with E-state index in [1.165, 1.54) is 18.9 Å². The van der Waals surface area contributed by atoms with Gasteiger partial charge in [-0.15, -0.1) is 10.2 Å². The Balaban J connectivity index is 1.10. The van der Waals surface area contributed by atoms with E-state index in [-0.39, 0.29) is 24.2 Å². The van der Waals surface area contributed by atoms with Gasteiger partial charge in [0.15, 0.2) is 0 Å². The topological polar surface area (TPSA) is 145 Å². The first-order valence-corrected chi connectivity index (χ1v) is 18.0. The van der Waals surface area contributed by atoms with E-state index in [1.54, 1.807) is 6.20 Å². The third-order valence-corrected chi connectivity index (χ3v) is 9.94. The number of rotatable bonds is 14. The predicted octanol–water partition coefficient (Wildman–Crippen LogP) is 5.59. The Morgan fingerprint density at radius 3 is 2.39 bits per heavy atom. The molecule has 1 fully saturated rings. The fourth-order valence-electron chi connectivity index (χ4n) is 6.19. The molecule has 0 bridgehead atoms. The highest BCUT2D eigenvalue weighted by Crippen LogP contribution is 2.30. The fraction of sp³-hybridized carbons (Fsp3) is 0.342. The van der Waals surface area contributed by atoms with E-state index in [1.807, 2.05) is 103 Å². The zero-order valence-corrected chi connectivity index (χ0v) is 29.7. The number of morpholine rings is 1. The van der Waals surface area contributed by atoms with E-state index in [2.05, 4.69) is 38.2 Å². The first-order valence-electron chi connectivity index (χ1n) is 17.0. The number of amides is 2. The van der Waals surface area contributed by atoms with Crippen molar-refractivity contribution in [3.63, 3.8) is 0 Å². The van der Waals surface area contributed by atoms with Crippen LogP contribution in [0.5, 0.6) is 0 Å². The van der Waals surface area contributed by atoms with Crippen molar-refractivity contribution in [3.8, 4) is 0 Å². The maximum Gasteiger partial charge on any atom is 0.407 e. The summed E-state index contributed by atoms with van der Waals surface area (Å²) in [6.45, 7) is 5.24. The lowest BCUT2D eigenvalue weighted by Gasteiger charge is -2.35. The van der Waals surface area contributed by atoms with Gasteiger partial charge >= 0.3 is 6.09 Å². The SMILES string of the molecule is COC(=O)NC(C(=O)Nc1ccccc1CC[C@@H]1CN[C@H](C)[C@@H](CSc2nnc(Cn3nccc3C)o2)O1)C(c1ccccc1)c1ccccc1. The van der Waals surface area contributed by atoms with Gasteiger partial charge in [0.05, 0.1) is 19.3 Å². The minimum absolute atomic E-state index is 0.0362. The van der Waals surface area contributed by atoms with Crippen molar-refractivity contribution in [2.24, 2.45) is 0 Å². The number of hydrogen-bond donors (Lipinski definition) is 3. The monoisotopic (exact) mass is 709 g/mol. The molecule has 12 nitrogen and oxygen atoms in total. The maximum absolute atomic E-state index is 14.1. The predicted molar refractivity (Wildman–Crippen MR) is 195 cm³/mol. The number of carbonyl (C=O) groups excluding carboxylic acids is 2. The summed E-state index contributed by atoms with van der Waals surface area (Å²) >= 11 is 1.48. The molecule has 3 N–H and O–H groups in total. The summed E-state index contributed by atoms with van der Waals surface area (Å²) in [7, 11) is 1.29. The third-order valence-electron chi connectivity index (χ3n) is 9.03. The van der Waals surface area contributed by atoms with E-state index in [9.17, 15) is 9.59 Å². The van der Waals surface area contributed by atoms with Gasteiger partial charge in [-0.1, -0.05) is 90.6 Å². The van der Waals surface area contributed by atoms with Crippen molar-refractivity contribution in [2.75, 3.05) is 24.7 Å². The smallest absolute Gasteiger partial charge is 0.407 e. The van der Waals surface area contributed by atoms with Gasteiger partial charge in [-0.2, -0.15) is 5.10 Å². The van der Waals surface area contributed by atoms with Crippen LogP contribution in [0.25, 0.3) is 0 Å². The van der Waals surface area contributed by atoms with E-state index >= 15 is 0 Å². The summed E-state index contributed by atoms with van der Waals surface area (Å²) in [5, 5.41) is 22.7. The van der Waals surface area contributed by atoms with Gasteiger partial charge in [-0.3, -0.25) is 9.48 Å². The Morgan fingerprint density at radius 2 is 1.71 bits per heavy atom. The maximum atomic E-state index is 14.1. The standard InChI is InChI=1S/C38H43N7O5S/c1-25-20-21-40-45(25)23-33-43-44-38(50-33)51-24-32-26(2)39-22-30(49-32)19-18-27-12-10-11-17-31(27)41-36(46)35(42-37(47)48-3)34(28-13-6-4-7-14-28)29-15-8-5-9-16-29/h4-17,20-21,26,30,32,34-35,39H,18-19,22-24H2,1-3H3,(H,41,46)(H,42,47)/t26-,30-,32-,35?/m1/s1. The van der Waals surface area contributed by atoms with Crippen LogP contribution in [0.15, 0.2) is 107 Å². The zero-order chi connectivity index (χ0) is 35.6. The van der Waals surface area contributed by atoms with Crippen LogP contribution in [0, 0.1) is 6.92 Å². The lowest BCUT2D eigenvalue weighted by Crippen LogP contribution is -2.52. The summed E-state index contributed by atoms with van der Waals surface area (Å²) in [6, 6.07) is 28.2. The Labute approximate surface area is 301 Å². The van der Waals surface area contributed by atoms with Gasteiger partial charge < -0.3 is 29.8 Å². The van der Waals surface area contributed by atoms with E-state index in [0.29, 0.717) is 42.1 Å². The lowest BCUT2D eigenvalue weighted by molar-refractivity contribution is -0.118. The first kappa shape index (κ1) is 35.8. The molecule has 1 aliphatic rings. The molecule has 3 heterocycles.